The summed E-state index contributed by atoms with van der Waals surface area (Å²) in [6.07, 6.45) is -1.85. The Labute approximate surface area is 118 Å². The van der Waals surface area contributed by atoms with E-state index >= 15 is 0 Å². The molecule has 17 heavy (non-hydrogen) atoms. The zero-order chi connectivity index (χ0) is 13.3. The van der Waals surface area contributed by atoms with E-state index in [-0.39, 0.29) is 4.90 Å². The van der Waals surface area contributed by atoms with Crippen molar-refractivity contribution in [2.24, 2.45) is 0 Å². The molecule has 1 unspecified atom stereocenters. The number of hydrogen-bond acceptors (Lipinski definition) is 3. The summed E-state index contributed by atoms with van der Waals surface area (Å²) < 4.78 is 23.1. The lowest BCUT2D eigenvalue weighted by atomic mass is 10.4. The van der Waals surface area contributed by atoms with Crippen LogP contribution in [-0.2, 0) is 10.0 Å². The first-order valence-electron chi connectivity index (χ1n) is 4.15. The van der Waals surface area contributed by atoms with E-state index in [1.54, 1.807) is 0 Å². The SMILES string of the molecule is O=S(=O)(NC(O)C(Cl)(Cl)Cl)c1ccc(Cl)cc1. The molecule has 96 valence electrons. The van der Waals surface area contributed by atoms with Crippen LogP contribution >= 0.6 is 46.4 Å². The molecule has 4 nitrogen and oxygen atoms in total. The maximum absolute atomic E-state index is 11.7. The lowest BCUT2D eigenvalue weighted by molar-refractivity contribution is 0.167. The number of hydrogen-bond donors (Lipinski definition) is 2. The molecule has 9 heteroatoms. The Morgan fingerprint density at radius 1 is 1.18 bits per heavy atom. The van der Waals surface area contributed by atoms with E-state index in [4.69, 9.17) is 46.4 Å². The second-order valence-corrected chi connectivity index (χ2v) is 7.54. The molecular formula is C8H7Cl4NO3S. The summed E-state index contributed by atoms with van der Waals surface area (Å²) in [5, 5.41) is 9.71. The van der Waals surface area contributed by atoms with E-state index in [9.17, 15) is 13.5 Å². The Kier molecular flexibility index (Phi) is 4.94. The van der Waals surface area contributed by atoms with Gasteiger partial charge in [0.15, 0.2) is 6.23 Å². The minimum atomic E-state index is -3.97. The van der Waals surface area contributed by atoms with Crippen LogP contribution in [0.5, 0.6) is 0 Å². The number of alkyl halides is 3. The van der Waals surface area contributed by atoms with Gasteiger partial charge in [0.25, 0.3) is 0 Å². The van der Waals surface area contributed by atoms with Crippen LogP contribution in [0.15, 0.2) is 29.2 Å². The first kappa shape index (κ1) is 15.3. The molecule has 0 saturated heterocycles. The van der Waals surface area contributed by atoms with E-state index < -0.39 is 20.0 Å². The Morgan fingerprint density at radius 2 is 1.65 bits per heavy atom. The van der Waals surface area contributed by atoms with Crippen LogP contribution in [-0.4, -0.2) is 23.5 Å². The van der Waals surface area contributed by atoms with Crippen molar-refractivity contribution in [3.63, 3.8) is 0 Å². The van der Waals surface area contributed by atoms with Crippen molar-refractivity contribution >= 4 is 56.4 Å². The molecule has 0 spiro atoms. The molecule has 0 fully saturated rings. The molecule has 1 atom stereocenters. The quantitative estimate of drug-likeness (QED) is 0.656. The molecular weight excluding hydrogens is 332 g/mol. The van der Waals surface area contributed by atoms with Gasteiger partial charge in [0, 0.05) is 5.02 Å². The van der Waals surface area contributed by atoms with Crippen LogP contribution in [0.25, 0.3) is 0 Å². The summed E-state index contributed by atoms with van der Waals surface area (Å²) in [6.45, 7) is 0. The average Bonchev–Trinajstić information content (AvgIpc) is 2.16. The molecule has 1 aromatic rings. The minimum absolute atomic E-state index is 0.102. The van der Waals surface area contributed by atoms with Crippen molar-refractivity contribution < 1.29 is 13.5 Å². The van der Waals surface area contributed by atoms with Gasteiger partial charge >= 0.3 is 0 Å². The molecule has 0 bridgehead atoms. The lowest BCUT2D eigenvalue weighted by Gasteiger charge is -2.19. The largest absolute Gasteiger partial charge is 0.373 e. The van der Waals surface area contributed by atoms with Crippen LogP contribution in [0.1, 0.15) is 0 Å². The van der Waals surface area contributed by atoms with Crippen molar-refractivity contribution in [2.75, 3.05) is 0 Å². The summed E-state index contributed by atoms with van der Waals surface area (Å²) in [4.78, 5) is -0.102. The third kappa shape index (κ3) is 4.44. The smallest absolute Gasteiger partial charge is 0.242 e. The highest BCUT2D eigenvalue weighted by Crippen LogP contribution is 2.29. The fourth-order valence-corrected chi connectivity index (χ4v) is 2.48. The summed E-state index contributed by atoms with van der Waals surface area (Å²) >= 11 is 21.6. The van der Waals surface area contributed by atoms with Gasteiger partial charge < -0.3 is 5.11 Å². The van der Waals surface area contributed by atoms with Crippen molar-refractivity contribution in [2.45, 2.75) is 14.9 Å². The monoisotopic (exact) mass is 337 g/mol. The number of aliphatic hydroxyl groups is 1. The van der Waals surface area contributed by atoms with Crippen molar-refractivity contribution in [1.29, 1.82) is 0 Å². The van der Waals surface area contributed by atoms with E-state index in [2.05, 4.69) is 0 Å². The Bertz CT molecular complexity index is 482. The molecule has 0 aromatic heterocycles. The van der Waals surface area contributed by atoms with Gasteiger partial charge in [-0.05, 0) is 24.3 Å². The fraction of sp³-hybridized carbons (Fsp3) is 0.250. The number of aliphatic hydroxyl groups excluding tert-OH is 1. The highest BCUT2D eigenvalue weighted by molar-refractivity contribution is 7.89. The Balaban J connectivity index is 2.94. The summed E-state index contributed by atoms with van der Waals surface area (Å²) in [6, 6.07) is 5.29. The fourth-order valence-electron chi connectivity index (χ4n) is 0.896. The van der Waals surface area contributed by atoms with Gasteiger partial charge in [-0.3, -0.25) is 0 Å². The van der Waals surface area contributed by atoms with Crippen LogP contribution in [0.4, 0.5) is 0 Å². The van der Waals surface area contributed by atoms with E-state index in [1.165, 1.54) is 24.3 Å². The first-order valence-corrected chi connectivity index (χ1v) is 7.15. The third-order valence-corrected chi connectivity index (χ3v) is 4.00. The average molecular weight is 339 g/mol. The van der Waals surface area contributed by atoms with Gasteiger partial charge in [0.1, 0.15) is 0 Å². The minimum Gasteiger partial charge on any atom is -0.373 e. The second kappa shape index (κ2) is 5.48. The molecule has 0 radical (unpaired) electrons. The molecule has 0 saturated carbocycles. The zero-order valence-electron chi connectivity index (χ0n) is 8.07. The van der Waals surface area contributed by atoms with Crippen molar-refractivity contribution in [3.8, 4) is 0 Å². The molecule has 0 heterocycles. The van der Waals surface area contributed by atoms with Crippen LogP contribution in [0, 0.1) is 0 Å². The maximum atomic E-state index is 11.7. The molecule has 1 aromatic carbocycles. The number of benzene rings is 1. The standard InChI is InChI=1S/C8H7Cl4NO3S/c9-5-1-3-6(4-2-5)17(15,16)13-7(14)8(10,11)12/h1-4,7,13-14H. The maximum Gasteiger partial charge on any atom is 0.242 e. The highest BCUT2D eigenvalue weighted by Gasteiger charge is 2.34. The number of halogens is 4. The van der Waals surface area contributed by atoms with Crippen molar-refractivity contribution in [1.82, 2.24) is 4.72 Å². The van der Waals surface area contributed by atoms with Crippen LogP contribution < -0.4 is 4.72 Å². The van der Waals surface area contributed by atoms with E-state index in [0.717, 1.165) is 0 Å². The molecule has 0 aliphatic carbocycles. The molecule has 2 N–H and O–H groups in total. The van der Waals surface area contributed by atoms with Gasteiger partial charge in [-0.25, -0.2) is 8.42 Å². The van der Waals surface area contributed by atoms with Crippen LogP contribution in [0.2, 0.25) is 5.02 Å². The third-order valence-electron chi connectivity index (χ3n) is 1.70. The predicted molar refractivity (Wildman–Crippen MR) is 68.1 cm³/mol. The van der Waals surface area contributed by atoms with Gasteiger partial charge in [-0.15, -0.1) is 0 Å². The van der Waals surface area contributed by atoms with E-state index in [1.807, 2.05) is 4.72 Å². The molecule has 0 aliphatic heterocycles. The first-order chi connectivity index (χ1) is 7.63. The van der Waals surface area contributed by atoms with Gasteiger partial charge in [-0.2, -0.15) is 4.72 Å². The van der Waals surface area contributed by atoms with Gasteiger partial charge in [-0.1, -0.05) is 46.4 Å². The molecule has 0 aliphatic rings. The number of rotatable bonds is 3. The zero-order valence-corrected chi connectivity index (χ0v) is 11.9. The molecule has 1 rings (SSSR count). The normalized spacial score (nSPS) is 14.6. The molecule has 0 amide bonds. The highest BCUT2D eigenvalue weighted by atomic mass is 35.6. The predicted octanol–water partition coefficient (Wildman–Crippen LogP) is 2.31. The Morgan fingerprint density at radius 3 is 2.06 bits per heavy atom. The summed E-state index contributed by atoms with van der Waals surface area (Å²) in [5.41, 5.74) is 0. The summed E-state index contributed by atoms with van der Waals surface area (Å²) in [7, 11) is -3.97. The number of sulfonamides is 1. The van der Waals surface area contributed by atoms with Crippen molar-refractivity contribution in [3.05, 3.63) is 29.3 Å². The summed E-state index contributed by atoms with van der Waals surface area (Å²) in [5.74, 6) is 0. The van der Waals surface area contributed by atoms with E-state index in [0.29, 0.717) is 5.02 Å². The van der Waals surface area contributed by atoms with Gasteiger partial charge in [0.2, 0.25) is 13.8 Å². The lowest BCUT2D eigenvalue weighted by Crippen LogP contribution is -2.43. The topological polar surface area (TPSA) is 66.4 Å². The second-order valence-electron chi connectivity index (χ2n) is 3.02. The Hall–Kier alpha value is 0.250. The van der Waals surface area contributed by atoms with Crippen LogP contribution in [0.3, 0.4) is 0 Å². The van der Waals surface area contributed by atoms with Gasteiger partial charge in [0.05, 0.1) is 4.90 Å². The number of nitrogens with one attached hydrogen (secondary N) is 1.